The molecular formula is C4H10N2O2S. The van der Waals surface area contributed by atoms with E-state index in [4.69, 9.17) is 5.73 Å². The molecule has 0 amide bonds. The number of hydrogen-bond acceptors (Lipinski definition) is 3. The van der Waals surface area contributed by atoms with Crippen molar-refractivity contribution in [1.29, 1.82) is 0 Å². The average molecular weight is 150 g/mol. The Morgan fingerprint density at radius 2 is 2.33 bits per heavy atom. The number of hydrogen-bond donors (Lipinski definition) is 2. The van der Waals surface area contributed by atoms with Crippen LogP contribution in [0.3, 0.4) is 0 Å². The van der Waals surface area contributed by atoms with E-state index < -0.39 is 10.0 Å². The molecule has 1 heterocycles. The summed E-state index contributed by atoms with van der Waals surface area (Å²) in [4.78, 5) is 0. The fourth-order valence-electron chi connectivity index (χ4n) is 0.880. The van der Waals surface area contributed by atoms with Crippen molar-refractivity contribution in [3.8, 4) is 0 Å². The highest BCUT2D eigenvalue weighted by molar-refractivity contribution is 7.90. The van der Waals surface area contributed by atoms with E-state index in [1.165, 1.54) is 0 Å². The molecule has 1 aliphatic heterocycles. The number of nitrogens with two attached hydrogens (primary N) is 1. The molecule has 0 saturated carbocycles. The topological polar surface area (TPSA) is 72.2 Å². The molecule has 0 aromatic carbocycles. The molecule has 1 atom stereocenters. The largest absolute Gasteiger partial charge is 0.329 e. The van der Waals surface area contributed by atoms with E-state index in [1.54, 1.807) is 0 Å². The van der Waals surface area contributed by atoms with Gasteiger partial charge in [-0.1, -0.05) is 0 Å². The zero-order valence-corrected chi connectivity index (χ0v) is 5.82. The molecule has 1 aliphatic rings. The van der Waals surface area contributed by atoms with Crippen LogP contribution >= 0.6 is 0 Å². The number of sulfonamides is 1. The van der Waals surface area contributed by atoms with Crippen molar-refractivity contribution in [2.75, 3.05) is 13.1 Å². The van der Waals surface area contributed by atoms with Gasteiger partial charge in [0.25, 0.3) is 0 Å². The molecule has 1 rings (SSSR count). The van der Waals surface area contributed by atoms with Gasteiger partial charge in [0.05, 0.1) is 5.25 Å². The van der Waals surface area contributed by atoms with Crippen LogP contribution in [-0.4, -0.2) is 26.8 Å². The first kappa shape index (κ1) is 6.98. The summed E-state index contributed by atoms with van der Waals surface area (Å²) >= 11 is 0. The second-order valence-corrected chi connectivity index (χ2v) is 4.13. The van der Waals surface area contributed by atoms with E-state index in [0.29, 0.717) is 13.0 Å². The predicted octanol–water partition coefficient (Wildman–Crippen LogP) is -1.36. The van der Waals surface area contributed by atoms with Gasteiger partial charge in [0.2, 0.25) is 10.0 Å². The normalized spacial score (nSPS) is 32.8. The molecular weight excluding hydrogens is 140 g/mol. The average Bonchev–Trinajstić information content (AvgIpc) is 2.08. The second-order valence-electron chi connectivity index (χ2n) is 2.09. The van der Waals surface area contributed by atoms with E-state index in [9.17, 15) is 8.42 Å². The Morgan fingerprint density at radius 3 is 2.56 bits per heavy atom. The van der Waals surface area contributed by atoms with Crippen LogP contribution in [0.25, 0.3) is 0 Å². The van der Waals surface area contributed by atoms with Crippen molar-refractivity contribution in [1.82, 2.24) is 4.72 Å². The maximum atomic E-state index is 10.8. The Bertz CT molecular complexity index is 187. The first-order valence-electron chi connectivity index (χ1n) is 2.85. The molecule has 4 nitrogen and oxygen atoms in total. The van der Waals surface area contributed by atoms with Gasteiger partial charge in [0, 0.05) is 13.1 Å². The Balaban J connectivity index is 2.75. The van der Waals surface area contributed by atoms with E-state index in [2.05, 4.69) is 4.72 Å². The van der Waals surface area contributed by atoms with Gasteiger partial charge in [0.1, 0.15) is 0 Å². The van der Waals surface area contributed by atoms with Crippen LogP contribution in [0.1, 0.15) is 6.42 Å². The maximum Gasteiger partial charge on any atom is 0.215 e. The van der Waals surface area contributed by atoms with Gasteiger partial charge in [-0.2, -0.15) is 0 Å². The molecule has 1 saturated heterocycles. The van der Waals surface area contributed by atoms with Crippen molar-refractivity contribution in [2.24, 2.45) is 5.73 Å². The standard InChI is InChI=1S/C4H10N2O2S/c5-3-4-1-2-6-9(4,7)8/h4,6H,1-3,5H2. The van der Waals surface area contributed by atoms with Crippen molar-refractivity contribution in [3.05, 3.63) is 0 Å². The number of nitrogens with one attached hydrogen (secondary N) is 1. The van der Waals surface area contributed by atoms with Crippen molar-refractivity contribution < 1.29 is 8.42 Å². The summed E-state index contributed by atoms with van der Waals surface area (Å²) in [6.07, 6.45) is 0.652. The Hall–Kier alpha value is -0.130. The Labute approximate surface area is 54.5 Å². The minimum absolute atomic E-state index is 0.231. The molecule has 0 bridgehead atoms. The summed E-state index contributed by atoms with van der Waals surface area (Å²) in [5.74, 6) is 0. The van der Waals surface area contributed by atoms with Gasteiger partial charge in [-0.15, -0.1) is 0 Å². The second kappa shape index (κ2) is 2.24. The zero-order valence-electron chi connectivity index (χ0n) is 5.00. The van der Waals surface area contributed by atoms with Crippen molar-refractivity contribution in [2.45, 2.75) is 11.7 Å². The first-order valence-corrected chi connectivity index (χ1v) is 4.40. The molecule has 5 heteroatoms. The fourth-order valence-corrected chi connectivity index (χ4v) is 2.20. The molecule has 1 unspecified atom stereocenters. The van der Waals surface area contributed by atoms with Crippen LogP contribution in [0.15, 0.2) is 0 Å². The van der Waals surface area contributed by atoms with Crippen LogP contribution in [0, 0.1) is 0 Å². The lowest BCUT2D eigenvalue weighted by molar-refractivity contribution is 0.584. The molecule has 0 spiro atoms. The molecule has 3 N–H and O–H groups in total. The van der Waals surface area contributed by atoms with Gasteiger partial charge in [-0.25, -0.2) is 13.1 Å². The van der Waals surface area contributed by atoms with E-state index >= 15 is 0 Å². The van der Waals surface area contributed by atoms with Crippen molar-refractivity contribution >= 4 is 10.0 Å². The van der Waals surface area contributed by atoms with Crippen LogP contribution in [-0.2, 0) is 10.0 Å². The summed E-state index contributed by atoms with van der Waals surface area (Å²) in [6, 6.07) is 0. The SMILES string of the molecule is NCC1CCNS1(=O)=O. The van der Waals surface area contributed by atoms with Crippen LogP contribution in [0.5, 0.6) is 0 Å². The summed E-state index contributed by atoms with van der Waals surface area (Å²) in [7, 11) is -3.01. The lowest BCUT2D eigenvalue weighted by Crippen LogP contribution is -2.29. The quantitative estimate of drug-likeness (QED) is 0.485. The van der Waals surface area contributed by atoms with Crippen LogP contribution in [0.2, 0.25) is 0 Å². The van der Waals surface area contributed by atoms with E-state index in [0.717, 1.165) is 0 Å². The van der Waals surface area contributed by atoms with Gasteiger partial charge >= 0.3 is 0 Å². The molecule has 1 fully saturated rings. The van der Waals surface area contributed by atoms with Crippen LogP contribution < -0.4 is 10.5 Å². The van der Waals surface area contributed by atoms with Gasteiger partial charge < -0.3 is 5.73 Å². The molecule has 54 valence electrons. The highest BCUT2D eigenvalue weighted by Crippen LogP contribution is 2.08. The van der Waals surface area contributed by atoms with Gasteiger partial charge in [-0.3, -0.25) is 0 Å². The van der Waals surface area contributed by atoms with Crippen LogP contribution in [0.4, 0.5) is 0 Å². The minimum atomic E-state index is -3.01. The molecule has 0 radical (unpaired) electrons. The van der Waals surface area contributed by atoms with Crippen molar-refractivity contribution in [3.63, 3.8) is 0 Å². The predicted molar refractivity (Wildman–Crippen MR) is 34.4 cm³/mol. The maximum absolute atomic E-state index is 10.8. The smallest absolute Gasteiger partial charge is 0.215 e. The summed E-state index contributed by atoms with van der Waals surface area (Å²) in [5, 5.41) is -0.350. The molecule has 0 aliphatic carbocycles. The Morgan fingerprint density at radius 1 is 1.67 bits per heavy atom. The Kier molecular flexibility index (Phi) is 1.74. The van der Waals surface area contributed by atoms with Gasteiger partial charge in [-0.05, 0) is 6.42 Å². The highest BCUT2D eigenvalue weighted by atomic mass is 32.2. The summed E-state index contributed by atoms with van der Waals surface area (Å²) in [6.45, 7) is 0.777. The lowest BCUT2D eigenvalue weighted by atomic mass is 10.3. The monoisotopic (exact) mass is 150 g/mol. The fraction of sp³-hybridized carbons (Fsp3) is 1.00. The zero-order chi connectivity index (χ0) is 6.91. The third kappa shape index (κ3) is 1.23. The first-order chi connectivity index (χ1) is 4.17. The lowest BCUT2D eigenvalue weighted by Gasteiger charge is -2.01. The van der Waals surface area contributed by atoms with E-state index in [1.807, 2.05) is 0 Å². The third-order valence-corrected chi connectivity index (χ3v) is 3.38. The molecule has 0 aromatic heterocycles. The summed E-state index contributed by atoms with van der Waals surface area (Å²) in [5.41, 5.74) is 5.19. The third-order valence-electron chi connectivity index (χ3n) is 1.47. The van der Waals surface area contributed by atoms with Gasteiger partial charge in [0.15, 0.2) is 0 Å². The minimum Gasteiger partial charge on any atom is -0.329 e. The number of rotatable bonds is 1. The highest BCUT2D eigenvalue weighted by Gasteiger charge is 2.28. The van der Waals surface area contributed by atoms with E-state index in [-0.39, 0.29) is 11.8 Å². The summed E-state index contributed by atoms with van der Waals surface area (Å²) < 4.78 is 24.0. The molecule has 9 heavy (non-hydrogen) atoms. The molecule has 0 aromatic rings.